The minimum Gasteiger partial charge on any atom is -0.399 e. The van der Waals surface area contributed by atoms with Crippen LogP contribution in [-0.4, -0.2) is 14.8 Å². The number of hydrogen-bond donors (Lipinski definition) is 1. The molecule has 0 aliphatic heterocycles. The van der Waals surface area contributed by atoms with E-state index in [0.717, 1.165) is 20.5 Å². The van der Waals surface area contributed by atoms with Crippen LogP contribution < -0.4 is 5.73 Å². The molecule has 19 heavy (non-hydrogen) atoms. The minimum absolute atomic E-state index is 0.680. The quantitative estimate of drug-likeness (QED) is 0.753. The van der Waals surface area contributed by atoms with Crippen molar-refractivity contribution in [2.24, 2.45) is 0 Å². The van der Waals surface area contributed by atoms with E-state index in [1.54, 1.807) is 22.3 Å². The van der Waals surface area contributed by atoms with Crippen molar-refractivity contribution in [2.45, 2.75) is 6.54 Å². The van der Waals surface area contributed by atoms with E-state index in [1.807, 2.05) is 36.4 Å². The van der Waals surface area contributed by atoms with Gasteiger partial charge in [-0.05, 0) is 36.4 Å². The van der Waals surface area contributed by atoms with Crippen molar-refractivity contribution >= 4 is 28.6 Å². The molecule has 0 bridgehead atoms. The Kier molecular flexibility index (Phi) is 3.23. The van der Waals surface area contributed by atoms with Crippen LogP contribution in [0.3, 0.4) is 0 Å². The maximum absolute atomic E-state index is 5.90. The average molecular weight is 291 g/mol. The molecule has 0 aliphatic rings. The second kappa shape index (κ2) is 5.03. The number of halogens is 1. The Hall–Kier alpha value is -1.85. The Morgan fingerprint density at radius 3 is 2.63 bits per heavy atom. The number of nitrogens with two attached hydrogens (primary N) is 1. The highest BCUT2D eigenvalue weighted by Crippen LogP contribution is 2.22. The van der Waals surface area contributed by atoms with Crippen LogP contribution in [0.15, 0.2) is 42.7 Å². The Morgan fingerprint density at radius 2 is 1.95 bits per heavy atom. The summed E-state index contributed by atoms with van der Waals surface area (Å²) in [4.78, 5) is 5.45. The third-order valence-electron chi connectivity index (χ3n) is 2.65. The second-order valence-corrected chi connectivity index (χ2v) is 5.89. The predicted octanol–water partition coefficient (Wildman–Crippen LogP) is 3.29. The summed E-state index contributed by atoms with van der Waals surface area (Å²) in [5.41, 5.74) is 7.35. The third kappa shape index (κ3) is 2.77. The van der Waals surface area contributed by atoms with Gasteiger partial charge in [-0.1, -0.05) is 11.6 Å². The Labute approximate surface area is 119 Å². The monoisotopic (exact) mass is 290 g/mol. The van der Waals surface area contributed by atoms with Gasteiger partial charge in [0.2, 0.25) is 0 Å². The van der Waals surface area contributed by atoms with Crippen LogP contribution in [0.25, 0.3) is 11.4 Å². The molecule has 0 saturated heterocycles. The van der Waals surface area contributed by atoms with Crippen LogP contribution >= 0.6 is 22.9 Å². The molecule has 1 aromatic carbocycles. The smallest absolute Gasteiger partial charge is 0.181 e. The second-order valence-electron chi connectivity index (χ2n) is 4.09. The SMILES string of the molecule is Nc1ccc(-c2ncn(Cc3ccc(Cl)s3)n2)cc1. The van der Waals surface area contributed by atoms with Crippen molar-refractivity contribution in [3.63, 3.8) is 0 Å². The maximum Gasteiger partial charge on any atom is 0.181 e. The van der Waals surface area contributed by atoms with Crippen LogP contribution in [0.2, 0.25) is 4.34 Å². The van der Waals surface area contributed by atoms with Gasteiger partial charge in [0.25, 0.3) is 0 Å². The van der Waals surface area contributed by atoms with E-state index in [2.05, 4.69) is 10.1 Å². The zero-order valence-corrected chi connectivity index (χ0v) is 11.5. The molecule has 96 valence electrons. The number of aromatic nitrogens is 3. The molecule has 0 unspecified atom stereocenters. The van der Waals surface area contributed by atoms with Gasteiger partial charge >= 0.3 is 0 Å². The molecule has 0 radical (unpaired) electrons. The lowest BCUT2D eigenvalue weighted by Gasteiger charge is -1.97. The molecule has 6 heteroatoms. The fourth-order valence-electron chi connectivity index (χ4n) is 1.73. The third-order valence-corrected chi connectivity index (χ3v) is 3.87. The normalized spacial score (nSPS) is 10.8. The topological polar surface area (TPSA) is 56.7 Å². The molecule has 0 spiro atoms. The van der Waals surface area contributed by atoms with Crippen LogP contribution in [-0.2, 0) is 6.54 Å². The lowest BCUT2D eigenvalue weighted by molar-refractivity contribution is 0.695. The first-order valence-corrected chi connectivity index (χ1v) is 6.90. The van der Waals surface area contributed by atoms with Crippen molar-refractivity contribution in [3.8, 4) is 11.4 Å². The molecule has 2 heterocycles. The predicted molar refractivity (Wildman–Crippen MR) is 78.3 cm³/mol. The van der Waals surface area contributed by atoms with Gasteiger partial charge in [-0.25, -0.2) is 9.67 Å². The summed E-state index contributed by atoms with van der Waals surface area (Å²) in [6.45, 7) is 0.680. The number of rotatable bonds is 3. The zero-order valence-electron chi connectivity index (χ0n) is 9.95. The number of hydrogen-bond acceptors (Lipinski definition) is 4. The van der Waals surface area contributed by atoms with Crippen LogP contribution in [0, 0.1) is 0 Å². The fourth-order valence-corrected chi connectivity index (χ4v) is 2.81. The van der Waals surface area contributed by atoms with Crippen molar-refractivity contribution in [2.75, 3.05) is 5.73 Å². The Morgan fingerprint density at radius 1 is 1.16 bits per heavy atom. The number of nitrogen functional groups attached to an aromatic ring is 1. The molecule has 3 aromatic rings. The van der Waals surface area contributed by atoms with Gasteiger partial charge in [0.15, 0.2) is 5.82 Å². The van der Waals surface area contributed by atoms with Gasteiger partial charge < -0.3 is 5.73 Å². The molecule has 0 amide bonds. The maximum atomic E-state index is 5.90. The number of benzene rings is 1. The largest absolute Gasteiger partial charge is 0.399 e. The molecule has 0 fully saturated rings. The number of nitrogens with zero attached hydrogens (tertiary/aromatic N) is 3. The lowest BCUT2D eigenvalue weighted by Crippen LogP contribution is -1.98. The molecule has 0 atom stereocenters. The first kappa shape index (κ1) is 12.2. The summed E-state index contributed by atoms with van der Waals surface area (Å²) in [6, 6.07) is 11.4. The van der Waals surface area contributed by atoms with Gasteiger partial charge in [0.05, 0.1) is 10.9 Å². The highest BCUT2D eigenvalue weighted by molar-refractivity contribution is 7.16. The Balaban J connectivity index is 1.81. The summed E-state index contributed by atoms with van der Waals surface area (Å²) >= 11 is 7.45. The van der Waals surface area contributed by atoms with Gasteiger partial charge in [0, 0.05) is 16.1 Å². The lowest BCUT2D eigenvalue weighted by atomic mass is 10.2. The molecule has 0 saturated carbocycles. The molecule has 2 N–H and O–H groups in total. The van der Waals surface area contributed by atoms with E-state index in [9.17, 15) is 0 Å². The minimum atomic E-state index is 0.680. The van der Waals surface area contributed by atoms with Crippen molar-refractivity contribution in [1.82, 2.24) is 14.8 Å². The first-order chi connectivity index (χ1) is 9.20. The van der Waals surface area contributed by atoms with Gasteiger partial charge in [0.1, 0.15) is 6.33 Å². The number of anilines is 1. The van der Waals surface area contributed by atoms with E-state index in [1.165, 1.54) is 0 Å². The van der Waals surface area contributed by atoms with Gasteiger partial charge in [-0.2, -0.15) is 5.10 Å². The first-order valence-electron chi connectivity index (χ1n) is 5.70. The zero-order chi connectivity index (χ0) is 13.2. The standard InChI is InChI=1S/C13H11ClN4S/c14-12-6-5-11(19-12)7-18-8-16-13(17-18)9-1-3-10(15)4-2-9/h1-6,8H,7,15H2. The molecule has 2 aromatic heterocycles. The van der Waals surface area contributed by atoms with Crippen LogP contribution in [0.1, 0.15) is 4.88 Å². The van der Waals surface area contributed by atoms with Gasteiger partial charge in [-0.15, -0.1) is 11.3 Å². The fraction of sp³-hybridized carbons (Fsp3) is 0.0769. The average Bonchev–Trinajstić information content (AvgIpc) is 3.00. The summed E-state index contributed by atoms with van der Waals surface area (Å²) in [5.74, 6) is 0.697. The highest BCUT2D eigenvalue weighted by atomic mass is 35.5. The highest BCUT2D eigenvalue weighted by Gasteiger charge is 2.05. The Bertz CT molecular complexity index is 687. The van der Waals surface area contributed by atoms with Crippen molar-refractivity contribution < 1.29 is 0 Å². The number of thiophene rings is 1. The molecular weight excluding hydrogens is 280 g/mol. The van der Waals surface area contributed by atoms with Crippen LogP contribution in [0.4, 0.5) is 5.69 Å². The van der Waals surface area contributed by atoms with E-state index >= 15 is 0 Å². The summed E-state index contributed by atoms with van der Waals surface area (Å²) in [5, 5.41) is 4.44. The van der Waals surface area contributed by atoms with E-state index < -0.39 is 0 Å². The summed E-state index contributed by atoms with van der Waals surface area (Å²) < 4.78 is 2.59. The summed E-state index contributed by atoms with van der Waals surface area (Å²) in [6.07, 6.45) is 1.72. The van der Waals surface area contributed by atoms with E-state index in [-0.39, 0.29) is 0 Å². The molecule has 3 rings (SSSR count). The van der Waals surface area contributed by atoms with Crippen molar-refractivity contribution in [1.29, 1.82) is 0 Å². The van der Waals surface area contributed by atoms with Crippen molar-refractivity contribution in [3.05, 3.63) is 51.9 Å². The van der Waals surface area contributed by atoms with E-state index in [4.69, 9.17) is 17.3 Å². The van der Waals surface area contributed by atoms with Gasteiger partial charge in [-0.3, -0.25) is 0 Å². The summed E-state index contributed by atoms with van der Waals surface area (Å²) in [7, 11) is 0. The molecule has 0 aliphatic carbocycles. The van der Waals surface area contributed by atoms with Crippen LogP contribution in [0.5, 0.6) is 0 Å². The molecular formula is C13H11ClN4S. The molecule has 4 nitrogen and oxygen atoms in total. The van der Waals surface area contributed by atoms with E-state index in [0.29, 0.717) is 12.4 Å².